The fourth-order valence-electron chi connectivity index (χ4n) is 2.07. The van der Waals surface area contributed by atoms with Crippen molar-refractivity contribution < 1.29 is 4.74 Å². The molecule has 0 bridgehead atoms. The van der Waals surface area contributed by atoms with Gasteiger partial charge in [0, 0.05) is 26.2 Å². The summed E-state index contributed by atoms with van der Waals surface area (Å²) in [6.45, 7) is 7.65. The molecule has 0 atom stereocenters. The number of rotatable bonds is 5. The minimum Gasteiger partial charge on any atom is -0.379 e. The van der Waals surface area contributed by atoms with Gasteiger partial charge in [0.2, 0.25) is 0 Å². The van der Waals surface area contributed by atoms with Crippen LogP contribution in [0.5, 0.6) is 0 Å². The lowest BCUT2D eigenvalue weighted by molar-refractivity contribution is 0.0382. The Morgan fingerprint density at radius 2 is 2.00 bits per heavy atom. The van der Waals surface area contributed by atoms with Gasteiger partial charge in [-0.1, -0.05) is 6.42 Å². The molecule has 0 aromatic rings. The van der Waals surface area contributed by atoms with Crippen molar-refractivity contribution in [2.75, 3.05) is 45.9 Å². The van der Waals surface area contributed by atoms with Gasteiger partial charge in [0.1, 0.15) is 0 Å². The average molecular weight is 198 g/mol. The third-order valence-corrected chi connectivity index (χ3v) is 3.37. The summed E-state index contributed by atoms with van der Waals surface area (Å²) in [5.41, 5.74) is 0. The van der Waals surface area contributed by atoms with Gasteiger partial charge in [-0.2, -0.15) is 0 Å². The lowest BCUT2D eigenvalue weighted by Crippen LogP contribution is -2.41. The highest BCUT2D eigenvalue weighted by Crippen LogP contribution is 2.24. The Morgan fingerprint density at radius 1 is 1.21 bits per heavy atom. The fraction of sp³-hybridized carbons (Fsp3) is 1.00. The van der Waals surface area contributed by atoms with Crippen LogP contribution in [0.25, 0.3) is 0 Å². The van der Waals surface area contributed by atoms with E-state index in [-0.39, 0.29) is 0 Å². The van der Waals surface area contributed by atoms with Crippen LogP contribution in [0.1, 0.15) is 19.3 Å². The quantitative estimate of drug-likeness (QED) is 0.658. The third-order valence-electron chi connectivity index (χ3n) is 3.37. The molecule has 1 N–H and O–H groups in total. The van der Waals surface area contributed by atoms with Gasteiger partial charge in [-0.15, -0.1) is 0 Å². The van der Waals surface area contributed by atoms with Crippen molar-refractivity contribution in [1.29, 1.82) is 0 Å². The van der Waals surface area contributed by atoms with Crippen molar-refractivity contribution in [1.82, 2.24) is 10.2 Å². The highest BCUT2D eigenvalue weighted by Gasteiger charge is 2.16. The van der Waals surface area contributed by atoms with E-state index in [4.69, 9.17) is 4.74 Å². The predicted molar refractivity (Wildman–Crippen MR) is 57.5 cm³/mol. The van der Waals surface area contributed by atoms with Gasteiger partial charge < -0.3 is 10.1 Å². The molecule has 1 saturated heterocycles. The molecule has 0 aromatic heterocycles. The smallest absolute Gasteiger partial charge is 0.0594 e. The van der Waals surface area contributed by atoms with E-state index in [1.165, 1.54) is 32.4 Å². The van der Waals surface area contributed by atoms with Gasteiger partial charge >= 0.3 is 0 Å². The number of nitrogens with one attached hydrogen (secondary N) is 1. The van der Waals surface area contributed by atoms with Gasteiger partial charge in [0.15, 0.2) is 0 Å². The molecular weight excluding hydrogens is 176 g/mol. The van der Waals surface area contributed by atoms with Crippen LogP contribution in [0.4, 0.5) is 0 Å². The van der Waals surface area contributed by atoms with Crippen molar-refractivity contribution in [3.8, 4) is 0 Å². The second-order valence-corrected chi connectivity index (χ2v) is 4.46. The van der Waals surface area contributed by atoms with Gasteiger partial charge in [-0.25, -0.2) is 0 Å². The Hall–Kier alpha value is -0.120. The fourth-order valence-corrected chi connectivity index (χ4v) is 2.07. The summed E-state index contributed by atoms with van der Waals surface area (Å²) in [5, 5.41) is 3.55. The zero-order valence-corrected chi connectivity index (χ0v) is 9.00. The molecule has 1 aliphatic carbocycles. The lowest BCUT2D eigenvalue weighted by Gasteiger charge is -2.28. The molecule has 2 rings (SSSR count). The SMILES string of the molecule is C1CC(CNCCN2CCOCC2)C1. The van der Waals surface area contributed by atoms with Crippen molar-refractivity contribution in [3.05, 3.63) is 0 Å². The maximum atomic E-state index is 5.31. The Balaban J connectivity index is 1.45. The number of morpholine rings is 1. The van der Waals surface area contributed by atoms with Crippen LogP contribution in [-0.2, 0) is 4.74 Å². The highest BCUT2D eigenvalue weighted by molar-refractivity contribution is 4.72. The zero-order chi connectivity index (χ0) is 9.64. The van der Waals surface area contributed by atoms with Crippen molar-refractivity contribution in [3.63, 3.8) is 0 Å². The molecule has 82 valence electrons. The standard InChI is InChI=1S/C11H22N2O/c1-2-11(3-1)10-12-4-5-13-6-8-14-9-7-13/h11-12H,1-10H2. The highest BCUT2D eigenvalue weighted by atomic mass is 16.5. The summed E-state index contributed by atoms with van der Waals surface area (Å²) >= 11 is 0. The van der Waals surface area contributed by atoms with Crippen molar-refractivity contribution in [2.24, 2.45) is 5.92 Å². The Kier molecular flexibility index (Phi) is 4.22. The molecule has 0 amide bonds. The van der Waals surface area contributed by atoms with E-state index in [0.717, 1.165) is 38.8 Å². The largest absolute Gasteiger partial charge is 0.379 e. The third kappa shape index (κ3) is 3.23. The topological polar surface area (TPSA) is 24.5 Å². The summed E-state index contributed by atoms with van der Waals surface area (Å²) < 4.78 is 5.31. The summed E-state index contributed by atoms with van der Waals surface area (Å²) in [6.07, 6.45) is 4.35. The van der Waals surface area contributed by atoms with Crippen molar-refractivity contribution in [2.45, 2.75) is 19.3 Å². The first-order valence-electron chi connectivity index (χ1n) is 5.96. The van der Waals surface area contributed by atoms with Crippen molar-refractivity contribution >= 4 is 0 Å². The monoisotopic (exact) mass is 198 g/mol. The zero-order valence-electron chi connectivity index (χ0n) is 9.00. The van der Waals surface area contributed by atoms with E-state index in [1.807, 2.05) is 0 Å². The summed E-state index contributed by atoms with van der Waals surface area (Å²) in [4.78, 5) is 2.48. The normalized spacial score (nSPS) is 24.9. The van der Waals surface area contributed by atoms with Crippen LogP contribution >= 0.6 is 0 Å². The van der Waals surface area contributed by atoms with Crippen LogP contribution in [-0.4, -0.2) is 50.8 Å². The molecule has 0 radical (unpaired) electrons. The van der Waals surface area contributed by atoms with E-state index < -0.39 is 0 Å². The van der Waals surface area contributed by atoms with E-state index in [0.29, 0.717) is 0 Å². The first-order valence-corrected chi connectivity index (χ1v) is 5.96. The first kappa shape index (κ1) is 10.4. The molecular formula is C11H22N2O. The maximum Gasteiger partial charge on any atom is 0.0594 e. The molecule has 2 aliphatic rings. The molecule has 1 heterocycles. The first-order chi connectivity index (χ1) is 6.95. The van der Waals surface area contributed by atoms with Crippen LogP contribution in [0.2, 0.25) is 0 Å². The Labute approximate surface area is 86.8 Å². The van der Waals surface area contributed by atoms with Crippen LogP contribution in [0.3, 0.4) is 0 Å². The average Bonchev–Trinajstić information content (AvgIpc) is 2.16. The predicted octanol–water partition coefficient (Wildman–Crippen LogP) is 0.708. The van der Waals surface area contributed by atoms with Gasteiger partial charge in [0.05, 0.1) is 13.2 Å². The molecule has 2 fully saturated rings. The van der Waals surface area contributed by atoms with Gasteiger partial charge in [0.25, 0.3) is 0 Å². The molecule has 14 heavy (non-hydrogen) atoms. The van der Waals surface area contributed by atoms with Gasteiger partial charge in [-0.3, -0.25) is 4.90 Å². The molecule has 0 aromatic carbocycles. The van der Waals surface area contributed by atoms with Crippen LogP contribution in [0.15, 0.2) is 0 Å². The molecule has 3 heteroatoms. The molecule has 1 saturated carbocycles. The minimum atomic E-state index is 0.919. The van der Waals surface area contributed by atoms with E-state index in [9.17, 15) is 0 Å². The maximum absolute atomic E-state index is 5.31. The van der Waals surface area contributed by atoms with Gasteiger partial charge in [-0.05, 0) is 25.3 Å². The summed E-state index contributed by atoms with van der Waals surface area (Å²) in [7, 11) is 0. The second-order valence-electron chi connectivity index (χ2n) is 4.46. The minimum absolute atomic E-state index is 0.919. The number of hydrogen-bond acceptors (Lipinski definition) is 3. The van der Waals surface area contributed by atoms with E-state index in [1.54, 1.807) is 0 Å². The lowest BCUT2D eigenvalue weighted by atomic mass is 9.85. The molecule has 3 nitrogen and oxygen atoms in total. The molecule has 0 spiro atoms. The number of ether oxygens (including phenoxy) is 1. The summed E-state index contributed by atoms with van der Waals surface area (Å²) in [5.74, 6) is 0.986. The second kappa shape index (κ2) is 5.69. The molecule has 1 aliphatic heterocycles. The van der Waals surface area contributed by atoms with Crippen LogP contribution < -0.4 is 5.32 Å². The van der Waals surface area contributed by atoms with E-state index in [2.05, 4.69) is 10.2 Å². The Morgan fingerprint density at radius 3 is 2.64 bits per heavy atom. The number of nitrogens with zero attached hydrogens (tertiary/aromatic N) is 1. The number of hydrogen-bond donors (Lipinski definition) is 1. The molecule has 0 unspecified atom stereocenters. The van der Waals surface area contributed by atoms with Crippen LogP contribution in [0, 0.1) is 5.92 Å². The Bertz CT molecular complexity index is 153. The van der Waals surface area contributed by atoms with E-state index >= 15 is 0 Å². The summed E-state index contributed by atoms with van der Waals surface area (Å²) in [6, 6.07) is 0.